The molecule has 0 unspecified atom stereocenters. The molecule has 1 aromatic heterocycles. The van der Waals surface area contributed by atoms with E-state index in [0.717, 1.165) is 16.4 Å². The van der Waals surface area contributed by atoms with Gasteiger partial charge in [-0.1, -0.05) is 11.6 Å². The lowest BCUT2D eigenvalue weighted by atomic mass is 10.2. The minimum absolute atomic E-state index is 0.564. The van der Waals surface area contributed by atoms with Crippen LogP contribution in [0.3, 0.4) is 0 Å². The van der Waals surface area contributed by atoms with Crippen molar-refractivity contribution in [2.24, 2.45) is 0 Å². The molecule has 0 bridgehead atoms. The predicted octanol–water partition coefficient (Wildman–Crippen LogP) is 3.38. The van der Waals surface area contributed by atoms with Gasteiger partial charge in [0.1, 0.15) is 5.75 Å². The average Bonchev–Trinajstić information content (AvgIpc) is 2.62. The zero-order chi connectivity index (χ0) is 10.1. The Hall–Kier alpha value is -1.06. The van der Waals surface area contributed by atoms with Crippen LogP contribution in [0.1, 0.15) is 9.67 Å². The first-order chi connectivity index (χ1) is 6.76. The van der Waals surface area contributed by atoms with Gasteiger partial charge in [0.05, 0.1) is 17.0 Å². The van der Waals surface area contributed by atoms with Gasteiger partial charge in [0.15, 0.2) is 6.29 Å². The minimum Gasteiger partial charge on any atom is -0.495 e. The number of halogens is 1. The van der Waals surface area contributed by atoms with Gasteiger partial charge in [0, 0.05) is 10.1 Å². The van der Waals surface area contributed by atoms with Crippen LogP contribution >= 0.6 is 22.9 Å². The molecule has 0 fully saturated rings. The lowest BCUT2D eigenvalue weighted by Crippen LogP contribution is -1.82. The molecule has 0 aliphatic carbocycles. The van der Waals surface area contributed by atoms with Crippen LogP contribution < -0.4 is 4.74 Å². The van der Waals surface area contributed by atoms with Crippen molar-refractivity contribution in [3.63, 3.8) is 0 Å². The van der Waals surface area contributed by atoms with Crippen LogP contribution in [0.4, 0.5) is 0 Å². The Morgan fingerprint density at radius 1 is 1.50 bits per heavy atom. The van der Waals surface area contributed by atoms with Gasteiger partial charge in [-0.25, -0.2) is 0 Å². The third-order valence-corrected chi connectivity index (χ3v) is 3.37. The first kappa shape index (κ1) is 9.49. The van der Waals surface area contributed by atoms with E-state index in [9.17, 15) is 4.79 Å². The van der Waals surface area contributed by atoms with Gasteiger partial charge in [-0.2, -0.15) is 0 Å². The van der Waals surface area contributed by atoms with Crippen LogP contribution in [0.15, 0.2) is 18.2 Å². The number of benzene rings is 1. The lowest BCUT2D eigenvalue weighted by molar-refractivity contribution is 0.112. The van der Waals surface area contributed by atoms with Crippen LogP contribution in [0.5, 0.6) is 5.75 Å². The molecule has 0 aliphatic heterocycles. The van der Waals surface area contributed by atoms with E-state index in [-0.39, 0.29) is 0 Å². The maximum absolute atomic E-state index is 10.6. The number of fused-ring (bicyclic) bond motifs is 1. The fourth-order valence-corrected chi connectivity index (χ4v) is 2.53. The SMILES string of the molecule is COc1ccc2sc(C=O)cc2c1Cl. The van der Waals surface area contributed by atoms with E-state index in [1.54, 1.807) is 19.2 Å². The summed E-state index contributed by atoms with van der Waals surface area (Å²) in [5.74, 6) is 0.634. The van der Waals surface area contributed by atoms with Crippen LogP contribution in [-0.2, 0) is 0 Å². The van der Waals surface area contributed by atoms with Crippen molar-refractivity contribution in [1.29, 1.82) is 0 Å². The molecule has 4 heteroatoms. The summed E-state index contributed by atoms with van der Waals surface area (Å²) in [5, 5.41) is 1.44. The number of aldehydes is 1. The van der Waals surface area contributed by atoms with Gasteiger partial charge in [-0.3, -0.25) is 4.79 Å². The highest BCUT2D eigenvalue weighted by molar-refractivity contribution is 7.20. The summed E-state index contributed by atoms with van der Waals surface area (Å²) in [6, 6.07) is 5.48. The van der Waals surface area contributed by atoms with E-state index < -0.39 is 0 Å². The van der Waals surface area contributed by atoms with E-state index in [4.69, 9.17) is 16.3 Å². The molecule has 0 N–H and O–H groups in total. The van der Waals surface area contributed by atoms with Crippen molar-refractivity contribution in [1.82, 2.24) is 0 Å². The van der Waals surface area contributed by atoms with Crippen molar-refractivity contribution in [2.75, 3.05) is 7.11 Å². The third-order valence-electron chi connectivity index (χ3n) is 1.95. The first-order valence-corrected chi connectivity index (χ1v) is 5.17. The summed E-state index contributed by atoms with van der Waals surface area (Å²) in [5.41, 5.74) is 0. The monoisotopic (exact) mass is 226 g/mol. The Labute approximate surface area is 90.1 Å². The molecule has 0 atom stereocenters. The number of ether oxygens (including phenoxy) is 1. The normalized spacial score (nSPS) is 10.4. The molecule has 14 heavy (non-hydrogen) atoms. The average molecular weight is 227 g/mol. The second kappa shape index (κ2) is 3.59. The third kappa shape index (κ3) is 1.38. The van der Waals surface area contributed by atoms with Crippen molar-refractivity contribution in [3.8, 4) is 5.75 Å². The molecule has 2 nitrogen and oxygen atoms in total. The highest BCUT2D eigenvalue weighted by Gasteiger charge is 2.08. The van der Waals surface area contributed by atoms with E-state index in [0.29, 0.717) is 15.6 Å². The molecular weight excluding hydrogens is 220 g/mol. The van der Waals surface area contributed by atoms with E-state index in [1.807, 2.05) is 6.07 Å². The molecule has 2 rings (SSSR count). The molecule has 0 spiro atoms. The number of rotatable bonds is 2. The molecule has 0 amide bonds. The van der Waals surface area contributed by atoms with Gasteiger partial charge in [-0.15, -0.1) is 11.3 Å². The largest absolute Gasteiger partial charge is 0.495 e. The molecule has 0 saturated heterocycles. The Balaban J connectivity index is 2.74. The second-order valence-corrected chi connectivity index (χ2v) is 4.25. The van der Waals surface area contributed by atoms with Gasteiger partial charge < -0.3 is 4.74 Å². The predicted molar refractivity (Wildman–Crippen MR) is 58.8 cm³/mol. The molecule has 0 aliphatic rings. The van der Waals surface area contributed by atoms with Gasteiger partial charge in [-0.05, 0) is 18.2 Å². The fraction of sp³-hybridized carbons (Fsp3) is 0.100. The molecule has 1 heterocycles. The molecule has 0 saturated carbocycles. The van der Waals surface area contributed by atoms with Crippen LogP contribution in [0.25, 0.3) is 10.1 Å². The Kier molecular flexibility index (Phi) is 2.44. The molecule has 1 aromatic carbocycles. The zero-order valence-corrected chi connectivity index (χ0v) is 8.98. The lowest BCUT2D eigenvalue weighted by Gasteiger charge is -2.02. The number of carbonyl (C=O) groups excluding carboxylic acids is 1. The summed E-state index contributed by atoms with van der Waals surface area (Å²) in [4.78, 5) is 11.3. The summed E-state index contributed by atoms with van der Waals surface area (Å²) in [6.45, 7) is 0. The van der Waals surface area contributed by atoms with Crippen molar-refractivity contribution >= 4 is 39.3 Å². The number of methoxy groups -OCH3 is 1. The zero-order valence-electron chi connectivity index (χ0n) is 7.41. The standard InChI is InChI=1S/C10H7ClO2S/c1-13-8-2-3-9-7(10(8)11)4-6(5-12)14-9/h2-5H,1H3. The summed E-state index contributed by atoms with van der Waals surface area (Å²) in [7, 11) is 1.57. The molecule has 72 valence electrons. The Morgan fingerprint density at radius 3 is 2.93 bits per heavy atom. The van der Waals surface area contributed by atoms with Crippen molar-refractivity contribution < 1.29 is 9.53 Å². The van der Waals surface area contributed by atoms with Gasteiger partial charge in [0.25, 0.3) is 0 Å². The molecule has 2 aromatic rings. The minimum atomic E-state index is 0.564. The number of hydrogen-bond donors (Lipinski definition) is 0. The highest BCUT2D eigenvalue weighted by Crippen LogP contribution is 2.36. The molecular formula is C10H7ClO2S. The van der Waals surface area contributed by atoms with Crippen molar-refractivity contribution in [2.45, 2.75) is 0 Å². The van der Waals surface area contributed by atoms with E-state index in [1.165, 1.54) is 11.3 Å². The topological polar surface area (TPSA) is 26.3 Å². The van der Waals surface area contributed by atoms with E-state index in [2.05, 4.69) is 0 Å². The molecule has 0 radical (unpaired) electrons. The van der Waals surface area contributed by atoms with Gasteiger partial charge >= 0.3 is 0 Å². The Morgan fingerprint density at radius 2 is 2.29 bits per heavy atom. The number of hydrogen-bond acceptors (Lipinski definition) is 3. The van der Waals surface area contributed by atoms with Crippen LogP contribution in [0.2, 0.25) is 5.02 Å². The van der Waals surface area contributed by atoms with Crippen LogP contribution in [-0.4, -0.2) is 13.4 Å². The number of thiophene rings is 1. The first-order valence-electron chi connectivity index (χ1n) is 3.97. The highest BCUT2D eigenvalue weighted by atomic mass is 35.5. The van der Waals surface area contributed by atoms with Crippen LogP contribution in [0, 0.1) is 0 Å². The quantitative estimate of drug-likeness (QED) is 0.734. The maximum atomic E-state index is 10.6. The maximum Gasteiger partial charge on any atom is 0.160 e. The van der Waals surface area contributed by atoms with Crippen molar-refractivity contribution in [3.05, 3.63) is 28.1 Å². The summed E-state index contributed by atoms with van der Waals surface area (Å²) in [6.07, 6.45) is 0.827. The fourth-order valence-electron chi connectivity index (χ4n) is 1.29. The number of carbonyl (C=O) groups is 1. The van der Waals surface area contributed by atoms with Gasteiger partial charge in [0.2, 0.25) is 0 Å². The summed E-state index contributed by atoms with van der Waals surface area (Å²) >= 11 is 7.50. The Bertz CT molecular complexity index is 490. The smallest absolute Gasteiger partial charge is 0.160 e. The second-order valence-electron chi connectivity index (χ2n) is 2.76. The summed E-state index contributed by atoms with van der Waals surface area (Å²) < 4.78 is 6.08. The van der Waals surface area contributed by atoms with E-state index >= 15 is 0 Å².